The summed E-state index contributed by atoms with van der Waals surface area (Å²) in [6, 6.07) is 9.26. The van der Waals surface area contributed by atoms with Gasteiger partial charge in [0.25, 0.3) is 0 Å². The van der Waals surface area contributed by atoms with Gasteiger partial charge in [-0.15, -0.1) is 0 Å². The Labute approximate surface area is 440 Å². The highest BCUT2D eigenvalue weighted by atomic mass is 16.7. The molecule has 420 valence electrons. The largest absolute Gasteiger partial charge is 0.479 e. The van der Waals surface area contributed by atoms with Crippen LogP contribution in [0.2, 0.25) is 0 Å². The topological polar surface area (TPSA) is 310 Å². The number of likely N-dealkylation sites (tertiary alicyclic amines) is 1. The second-order valence-corrected chi connectivity index (χ2v) is 20.5. The first-order valence-electron chi connectivity index (χ1n) is 25.6. The predicted molar refractivity (Wildman–Crippen MR) is 274 cm³/mol. The van der Waals surface area contributed by atoms with Gasteiger partial charge >= 0.3 is 12.1 Å². The first kappa shape index (κ1) is 61.9. The van der Waals surface area contributed by atoms with E-state index in [1.165, 1.54) is 44.4 Å². The third kappa shape index (κ3) is 15.3. The lowest BCUT2D eigenvalue weighted by molar-refractivity contribution is -0.271. The van der Waals surface area contributed by atoms with E-state index in [1.54, 1.807) is 65.6 Å². The van der Waals surface area contributed by atoms with Crippen LogP contribution in [0.5, 0.6) is 5.75 Å². The number of likely N-dealkylation sites (N-methyl/N-ethyl adjacent to an activating group) is 2. The van der Waals surface area contributed by atoms with Gasteiger partial charge in [0.15, 0.2) is 6.10 Å². The summed E-state index contributed by atoms with van der Waals surface area (Å²) in [7, 11) is 5.96. The van der Waals surface area contributed by atoms with Crippen molar-refractivity contribution < 1.29 is 78.0 Å². The summed E-state index contributed by atoms with van der Waals surface area (Å²) in [6.07, 6.45) is -11.0. The van der Waals surface area contributed by atoms with Crippen molar-refractivity contribution in [3.8, 4) is 5.75 Å². The molecule has 2 saturated heterocycles. The van der Waals surface area contributed by atoms with Gasteiger partial charge in [0, 0.05) is 46.1 Å². The fourth-order valence-corrected chi connectivity index (χ4v) is 10.0. The number of nitrogens with two attached hydrogens (primary N) is 1. The van der Waals surface area contributed by atoms with Crippen LogP contribution < -0.4 is 21.1 Å². The van der Waals surface area contributed by atoms with Gasteiger partial charge in [-0.3, -0.25) is 24.1 Å². The number of hydrogen-bond donors (Lipinski definition) is 8. The lowest BCUT2D eigenvalue weighted by Crippen LogP contribution is -2.61. The number of ether oxygens (including phenoxy) is 5. The highest BCUT2D eigenvalue weighted by Gasteiger charge is 2.49. The molecule has 0 spiro atoms. The van der Waals surface area contributed by atoms with Crippen LogP contribution in [-0.2, 0) is 49.5 Å². The molecule has 5 amide bonds. The molecule has 22 nitrogen and oxygen atoms in total. The van der Waals surface area contributed by atoms with E-state index in [4.69, 9.17) is 29.4 Å². The van der Waals surface area contributed by atoms with Crippen LogP contribution in [0.4, 0.5) is 10.5 Å². The van der Waals surface area contributed by atoms with Gasteiger partial charge < -0.3 is 75.4 Å². The smallest absolute Gasteiger partial charge is 0.410 e. The summed E-state index contributed by atoms with van der Waals surface area (Å²) in [6.45, 7) is 14.3. The Kier molecular flexibility index (Phi) is 23.1. The number of carboxylic acids is 1. The molecule has 0 radical (unpaired) electrons. The van der Waals surface area contributed by atoms with E-state index in [1.807, 2.05) is 32.0 Å². The van der Waals surface area contributed by atoms with Crippen molar-refractivity contribution in [2.45, 2.75) is 167 Å². The fourth-order valence-electron chi connectivity index (χ4n) is 10.0. The van der Waals surface area contributed by atoms with Crippen molar-refractivity contribution in [1.29, 1.82) is 0 Å². The highest BCUT2D eigenvalue weighted by Crippen LogP contribution is 2.32. The maximum absolute atomic E-state index is 14.7. The first-order valence-corrected chi connectivity index (χ1v) is 25.6. The number of carboxylic acid groups (broad SMARTS) is 1. The molecule has 15 atom stereocenters. The van der Waals surface area contributed by atoms with Crippen LogP contribution in [0.3, 0.4) is 0 Å². The van der Waals surface area contributed by atoms with E-state index in [9.17, 15) is 54.3 Å². The van der Waals surface area contributed by atoms with Crippen LogP contribution in [0.15, 0.2) is 48.5 Å². The molecular weight excluding hydrogens is 977 g/mol. The minimum atomic E-state index is -1.95. The summed E-state index contributed by atoms with van der Waals surface area (Å²) in [5.74, 6) is -5.16. The Balaban J connectivity index is 1.46. The summed E-state index contributed by atoms with van der Waals surface area (Å²) in [4.78, 5) is 86.7. The van der Waals surface area contributed by atoms with Crippen molar-refractivity contribution in [2.24, 2.45) is 23.7 Å². The minimum absolute atomic E-state index is 0.0633. The maximum Gasteiger partial charge on any atom is 0.410 e. The van der Waals surface area contributed by atoms with E-state index < -0.39 is 127 Å². The molecule has 9 N–H and O–H groups in total. The monoisotopic (exact) mass is 1060 g/mol. The quantitative estimate of drug-likeness (QED) is 0.0662. The normalized spacial score (nSPS) is 23.4. The number of aliphatic carboxylic acids is 1. The van der Waals surface area contributed by atoms with Gasteiger partial charge in [-0.25, -0.2) is 9.59 Å². The molecule has 75 heavy (non-hydrogen) atoms. The first-order chi connectivity index (χ1) is 35.3. The van der Waals surface area contributed by atoms with Crippen LogP contribution in [-0.4, -0.2) is 184 Å². The van der Waals surface area contributed by atoms with Crippen molar-refractivity contribution in [3.05, 3.63) is 59.7 Å². The van der Waals surface area contributed by atoms with Gasteiger partial charge in [0.05, 0.1) is 48.8 Å². The van der Waals surface area contributed by atoms with Gasteiger partial charge in [-0.05, 0) is 61.3 Å². The number of benzene rings is 2. The van der Waals surface area contributed by atoms with Gasteiger partial charge in [0.2, 0.25) is 29.9 Å². The number of hydrogen-bond acceptors (Lipinski definition) is 16. The van der Waals surface area contributed by atoms with Crippen LogP contribution in [0.25, 0.3) is 0 Å². The summed E-state index contributed by atoms with van der Waals surface area (Å²) >= 11 is 0. The summed E-state index contributed by atoms with van der Waals surface area (Å²) in [5, 5.41) is 57.1. The molecule has 0 saturated carbocycles. The molecule has 4 rings (SSSR count). The molecule has 2 aromatic rings. The van der Waals surface area contributed by atoms with E-state index >= 15 is 0 Å². The fraction of sp³-hybridized carbons (Fsp3) is 0.660. The molecule has 2 aromatic carbocycles. The van der Waals surface area contributed by atoms with E-state index in [0.29, 0.717) is 31.4 Å². The third-order valence-corrected chi connectivity index (χ3v) is 14.6. The summed E-state index contributed by atoms with van der Waals surface area (Å²) < 4.78 is 28.6. The SMILES string of the molecule is CC[C@H](C)[C@@H]([C@@H](CC(=O)N1CCC[C@H]1[C@H](OC)[C@@H](C)C(=O)N[C@H](C)[C@@H](O)c1ccccc1)OC)N(C)C(=O)[C@@H](NC(=O)[C@H](C(C)C)N(C)C(=O)OCc1cc(N)ccc1O[C@@H]1O[C@H](C(=O)O)[C@@H](O)[C@H](O)[C@H]1O)C(C)C. The average Bonchev–Trinajstić information content (AvgIpc) is 3.86. The Morgan fingerprint density at radius 1 is 0.853 bits per heavy atom. The number of carbonyl (C=O) groups is 6. The molecule has 2 heterocycles. The molecular formula is C53H82N6O16. The third-order valence-electron chi connectivity index (χ3n) is 14.6. The second kappa shape index (κ2) is 28.0. The number of anilines is 1. The summed E-state index contributed by atoms with van der Waals surface area (Å²) in [5.41, 5.74) is 7.04. The number of carbonyl (C=O) groups excluding carboxylic acids is 5. The molecule has 2 fully saturated rings. The molecule has 0 aliphatic carbocycles. The molecule has 22 heteroatoms. The van der Waals surface area contributed by atoms with Crippen molar-refractivity contribution in [3.63, 3.8) is 0 Å². The van der Waals surface area contributed by atoms with Gasteiger partial charge in [0.1, 0.15) is 42.8 Å². The zero-order valence-electron chi connectivity index (χ0n) is 45.3. The van der Waals surface area contributed by atoms with Crippen molar-refractivity contribution in [1.82, 2.24) is 25.3 Å². The zero-order valence-corrected chi connectivity index (χ0v) is 45.3. The minimum Gasteiger partial charge on any atom is -0.479 e. The highest BCUT2D eigenvalue weighted by molar-refractivity contribution is 5.92. The number of nitrogens with one attached hydrogen (secondary N) is 2. The number of aliphatic hydroxyl groups excluding tert-OH is 4. The zero-order chi connectivity index (χ0) is 56.2. The maximum atomic E-state index is 14.7. The molecule has 0 unspecified atom stereocenters. The van der Waals surface area contributed by atoms with E-state index in [0.717, 1.165) is 4.90 Å². The second-order valence-electron chi connectivity index (χ2n) is 20.5. The van der Waals surface area contributed by atoms with Gasteiger partial charge in [-0.2, -0.15) is 0 Å². The molecule has 0 bridgehead atoms. The number of nitrogen functional groups attached to an aromatic ring is 1. The number of aliphatic hydroxyl groups is 4. The molecule has 2 aliphatic heterocycles. The Bertz CT molecular complexity index is 2220. The van der Waals surface area contributed by atoms with Crippen LogP contribution in [0.1, 0.15) is 98.3 Å². The van der Waals surface area contributed by atoms with Crippen LogP contribution in [0, 0.1) is 23.7 Å². The molecule has 0 aromatic heterocycles. The Hall–Kier alpha value is -5.62. The Morgan fingerprint density at radius 3 is 2.08 bits per heavy atom. The van der Waals surface area contributed by atoms with E-state index in [2.05, 4.69) is 10.6 Å². The van der Waals surface area contributed by atoms with Crippen molar-refractivity contribution in [2.75, 3.05) is 40.6 Å². The average molecular weight is 1060 g/mol. The number of methoxy groups -OCH3 is 2. The van der Waals surface area contributed by atoms with E-state index in [-0.39, 0.29) is 41.2 Å². The lowest BCUT2D eigenvalue weighted by atomic mass is 9.89. The van der Waals surface area contributed by atoms with Crippen molar-refractivity contribution >= 4 is 41.4 Å². The number of rotatable bonds is 25. The predicted octanol–water partition coefficient (Wildman–Crippen LogP) is 2.43. The standard InChI is InChI=1S/C53H82N6O16/c1-13-29(6)41(37(71-11)25-38(60)59-23-17-20-35(59)46(72-12)30(7)48(65)55-31(8)42(61)32-18-15-14-16-19-32)57(9)50(67)39(27(2)3)56-49(66)40(28(4)5)58(10)53(70)73-26-33-24-34(54)21-22-36(33)74-52-45(64)43(62)44(63)47(75-52)51(68)69/h14-16,18-19,21-22,24,27-31,35,37,39-47,52,61-64H,13,17,20,23,25-26,54H2,1-12H3,(H,55,65)(H,56,66)(H,68,69)/t29-,30+,31+,35-,37+,39-,40-,41-,42+,43-,44-,45+,46+,47-,52+/m0/s1. The molecule has 2 aliphatic rings. The van der Waals surface area contributed by atoms with Gasteiger partial charge in [-0.1, -0.05) is 85.2 Å². The number of amides is 5. The number of nitrogens with zero attached hydrogens (tertiary/aromatic N) is 3. The van der Waals surface area contributed by atoms with Crippen LogP contribution >= 0.6 is 0 Å². The Morgan fingerprint density at radius 2 is 1.51 bits per heavy atom. The lowest BCUT2D eigenvalue weighted by Gasteiger charge is -2.41.